The highest BCUT2D eigenvalue weighted by atomic mass is 16.5. The minimum absolute atomic E-state index is 0.0497. The molecule has 1 rings (SSSR count). The highest BCUT2D eigenvalue weighted by Gasteiger charge is 1.96. The van der Waals surface area contributed by atoms with Crippen molar-refractivity contribution < 1.29 is 9.53 Å². The Hall–Kier alpha value is -1.75. The maximum absolute atomic E-state index is 10.3. The second-order valence-electron chi connectivity index (χ2n) is 3.03. The molecule has 0 atom stereocenters. The Morgan fingerprint density at radius 1 is 1.40 bits per heavy atom. The normalized spacial score (nSPS) is 9.87. The Morgan fingerprint density at radius 2 is 2.13 bits per heavy atom. The first-order valence-corrected chi connectivity index (χ1v) is 4.64. The smallest absolute Gasteiger partial charge is 0.243 e. The van der Waals surface area contributed by atoms with Gasteiger partial charge in [0.05, 0.1) is 18.0 Å². The SMILES string of the molecule is NC(=O)COCCNc1ccccc1N. The summed E-state index contributed by atoms with van der Waals surface area (Å²) in [5.41, 5.74) is 12.2. The summed E-state index contributed by atoms with van der Waals surface area (Å²) < 4.78 is 4.98. The summed E-state index contributed by atoms with van der Waals surface area (Å²) in [5.74, 6) is -0.464. The average Bonchev–Trinajstić information content (AvgIpc) is 2.20. The van der Waals surface area contributed by atoms with Crippen LogP contribution >= 0.6 is 0 Å². The fourth-order valence-corrected chi connectivity index (χ4v) is 1.09. The number of primary amides is 1. The highest BCUT2D eigenvalue weighted by Crippen LogP contribution is 2.15. The van der Waals surface area contributed by atoms with Crippen LogP contribution < -0.4 is 16.8 Å². The zero-order valence-corrected chi connectivity index (χ0v) is 8.40. The molecule has 0 radical (unpaired) electrons. The quantitative estimate of drug-likeness (QED) is 0.460. The summed E-state index contributed by atoms with van der Waals surface area (Å²) in [6.07, 6.45) is 0. The van der Waals surface area contributed by atoms with Crippen molar-refractivity contribution in [2.45, 2.75) is 0 Å². The minimum Gasteiger partial charge on any atom is -0.397 e. The van der Waals surface area contributed by atoms with E-state index in [2.05, 4.69) is 5.32 Å². The molecule has 1 amide bonds. The summed E-state index contributed by atoms with van der Waals surface area (Å²) in [4.78, 5) is 10.3. The van der Waals surface area contributed by atoms with E-state index in [1.165, 1.54) is 0 Å². The molecule has 5 nitrogen and oxygen atoms in total. The monoisotopic (exact) mass is 209 g/mol. The Kier molecular flexibility index (Phi) is 4.43. The zero-order valence-electron chi connectivity index (χ0n) is 8.40. The number of amides is 1. The van der Waals surface area contributed by atoms with E-state index in [1.807, 2.05) is 24.3 Å². The van der Waals surface area contributed by atoms with Crippen molar-refractivity contribution in [2.75, 3.05) is 30.8 Å². The second kappa shape index (κ2) is 5.87. The topological polar surface area (TPSA) is 90.4 Å². The van der Waals surface area contributed by atoms with Crippen LogP contribution in [0.15, 0.2) is 24.3 Å². The van der Waals surface area contributed by atoms with Gasteiger partial charge in [0.2, 0.25) is 5.91 Å². The lowest BCUT2D eigenvalue weighted by Gasteiger charge is -2.08. The molecule has 0 bridgehead atoms. The molecule has 5 N–H and O–H groups in total. The lowest BCUT2D eigenvalue weighted by Crippen LogP contribution is -2.20. The number of ether oxygens (including phenoxy) is 1. The third kappa shape index (κ3) is 4.33. The number of nitrogens with two attached hydrogens (primary N) is 2. The summed E-state index contributed by atoms with van der Waals surface area (Å²) >= 11 is 0. The number of hydrogen-bond donors (Lipinski definition) is 3. The third-order valence-electron chi connectivity index (χ3n) is 1.77. The van der Waals surface area contributed by atoms with E-state index in [-0.39, 0.29) is 6.61 Å². The summed E-state index contributed by atoms with van der Waals surface area (Å²) in [6, 6.07) is 7.45. The largest absolute Gasteiger partial charge is 0.397 e. The number of benzene rings is 1. The van der Waals surface area contributed by atoms with E-state index >= 15 is 0 Å². The van der Waals surface area contributed by atoms with Gasteiger partial charge >= 0.3 is 0 Å². The molecule has 0 saturated carbocycles. The maximum atomic E-state index is 10.3. The number of nitrogen functional groups attached to an aromatic ring is 1. The molecule has 0 heterocycles. The molecule has 1 aromatic carbocycles. The van der Waals surface area contributed by atoms with E-state index in [0.717, 1.165) is 5.69 Å². The van der Waals surface area contributed by atoms with Crippen LogP contribution in [0.1, 0.15) is 0 Å². The Bertz CT molecular complexity index is 328. The van der Waals surface area contributed by atoms with Crippen LogP contribution in [0.2, 0.25) is 0 Å². The van der Waals surface area contributed by atoms with Gasteiger partial charge < -0.3 is 21.5 Å². The van der Waals surface area contributed by atoms with Crippen molar-refractivity contribution in [3.63, 3.8) is 0 Å². The number of rotatable bonds is 6. The van der Waals surface area contributed by atoms with Crippen molar-refractivity contribution in [2.24, 2.45) is 5.73 Å². The molecule has 0 aromatic heterocycles. The molecule has 0 aliphatic rings. The third-order valence-corrected chi connectivity index (χ3v) is 1.77. The fourth-order valence-electron chi connectivity index (χ4n) is 1.09. The van der Waals surface area contributed by atoms with Gasteiger partial charge in [-0.1, -0.05) is 12.1 Å². The highest BCUT2D eigenvalue weighted by molar-refractivity contribution is 5.75. The van der Waals surface area contributed by atoms with Gasteiger partial charge in [-0.3, -0.25) is 4.79 Å². The number of nitrogens with one attached hydrogen (secondary N) is 1. The first-order valence-electron chi connectivity index (χ1n) is 4.64. The molecule has 0 saturated heterocycles. The van der Waals surface area contributed by atoms with Crippen LogP contribution in [-0.4, -0.2) is 25.7 Å². The van der Waals surface area contributed by atoms with Gasteiger partial charge in [0.15, 0.2) is 0 Å². The van der Waals surface area contributed by atoms with Gasteiger partial charge in [0, 0.05) is 6.54 Å². The molecule has 0 aliphatic heterocycles. The van der Waals surface area contributed by atoms with Crippen LogP contribution in [0, 0.1) is 0 Å². The molecule has 0 fully saturated rings. The van der Waals surface area contributed by atoms with Crippen molar-refractivity contribution >= 4 is 17.3 Å². The molecule has 82 valence electrons. The zero-order chi connectivity index (χ0) is 11.1. The maximum Gasteiger partial charge on any atom is 0.243 e. The van der Waals surface area contributed by atoms with E-state index in [0.29, 0.717) is 18.8 Å². The van der Waals surface area contributed by atoms with Gasteiger partial charge in [-0.2, -0.15) is 0 Å². The average molecular weight is 209 g/mol. The van der Waals surface area contributed by atoms with Crippen LogP contribution in [0.3, 0.4) is 0 Å². The van der Waals surface area contributed by atoms with Crippen LogP contribution in [0.25, 0.3) is 0 Å². The van der Waals surface area contributed by atoms with Crippen LogP contribution in [0.5, 0.6) is 0 Å². The molecule has 0 aliphatic carbocycles. The first kappa shape index (κ1) is 11.3. The fraction of sp³-hybridized carbons (Fsp3) is 0.300. The summed E-state index contributed by atoms with van der Waals surface area (Å²) in [5, 5.41) is 3.08. The van der Waals surface area contributed by atoms with Gasteiger partial charge in [-0.15, -0.1) is 0 Å². The van der Waals surface area contributed by atoms with Gasteiger partial charge in [0.25, 0.3) is 0 Å². The number of carbonyl (C=O) groups is 1. The summed E-state index contributed by atoms with van der Waals surface area (Å²) in [7, 11) is 0. The Morgan fingerprint density at radius 3 is 2.80 bits per heavy atom. The standard InChI is InChI=1S/C10H15N3O2/c11-8-3-1-2-4-9(8)13-5-6-15-7-10(12)14/h1-4,13H,5-7,11H2,(H2,12,14). The van der Waals surface area contributed by atoms with E-state index < -0.39 is 5.91 Å². The molecule has 5 heteroatoms. The van der Waals surface area contributed by atoms with Gasteiger partial charge in [-0.25, -0.2) is 0 Å². The van der Waals surface area contributed by atoms with Crippen molar-refractivity contribution in [1.29, 1.82) is 0 Å². The number of para-hydroxylation sites is 2. The van der Waals surface area contributed by atoms with Crippen molar-refractivity contribution in [3.05, 3.63) is 24.3 Å². The second-order valence-corrected chi connectivity index (χ2v) is 3.03. The first-order chi connectivity index (χ1) is 7.20. The molecular weight excluding hydrogens is 194 g/mol. The number of hydrogen-bond acceptors (Lipinski definition) is 4. The minimum atomic E-state index is -0.464. The molecular formula is C10H15N3O2. The lowest BCUT2D eigenvalue weighted by molar-refractivity contribution is -0.122. The predicted octanol–water partition coefficient (Wildman–Crippen LogP) is 0.183. The lowest BCUT2D eigenvalue weighted by atomic mass is 10.3. The molecule has 1 aromatic rings. The molecule has 0 unspecified atom stereocenters. The molecule has 0 spiro atoms. The van der Waals surface area contributed by atoms with Crippen molar-refractivity contribution in [3.8, 4) is 0 Å². The Labute approximate surface area is 88.4 Å². The predicted molar refractivity (Wildman–Crippen MR) is 59.4 cm³/mol. The molecule has 15 heavy (non-hydrogen) atoms. The van der Waals surface area contributed by atoms with Gasteiger partial charge in [0.1, 0.15) is 6.61 Å². The van der Waals surface area contributed by atoms with Gasteiger partial charge in [-0.05, 0) is 12.1 Å². The van der Waals surface area contributed by atoms with E-state index in [1.54, 1.807) is 0 Å². The van der Waals surface area contributed by atoms with Crippen LogP contribution in [0.4, 0.5) is 11.4 Å². The van der Waals surface area contributed by atoms with Crippen molar-refractivity contribution in [1.82, 2.24) is 0 Å². The van der Waals surface area contributed by atoms with Crippen LogP contribution in [-0.2, 0) is 9.53 Å². The van der Waals surface area contributed by atoms with E-state index in [9.17, 15) is 4.79 Å². The number of carbonyl (C=O) groups excluding carboxylic acids is 1. The summed E-state index contributed by atoms with van der Waals surface area (Å²) in [6.45, 7) is 0.949. The number of anilines is 2. The Balaban J connectivity index is 2.21. The van der Waals surface area contributed by atoms with E-state index in [4.69, 9.17) is 16.2 Å².